The Hall–Kier alpha value is -3.02. The Bertz CT molecular complexity index is 1040. The molecule has 0 aliphatic carbocycles. The van der Waals surface area contributed by atoms with Crippen LogP contribution in [0.4, 0.5) is 9.39 Å². The van der Waals surface area contributed by atoms with Crippen LogP contribution in [0.15, 0.2) is 35.1 Å². The quantitative estimate of drug-likeness (QED) is 0.267. The number of hydrogen-bond acceptors (Lipinski definition) is 9. The lowest BCUT2D eigenvalue weighted by Crippen LogP contribution is -2.39. The monoisotopic (exact) mass is 503 g/mol. The smallest absolute Gasteiger partial charge is 0.171 e. The molecule has 3 heterocycles. The fourth-order valence-electron chi connectivity index (χ4n) is 3.63. The molecule has 0 spiro atoms. The first kappa shape index (κ1) is 26.6. The summed E-state index contributed by atoms with van der Waals surface area (Å²) in [5, 5.41) is 7.29. The van der Waals surface area contributed by atoms with Crippen LogP contribution >= 0.6 is 11.3 Å². The van der Waals surface area contributed by atoms with Crippen molar-refractivity contribution in [1.29, 1.82) is 0 Å². The largest absolute Gasteiger partial charge is 0.403 e. The zero-order chi connectivity index (χ0) is 25.2. The lowest BCUT2D eigenvalue weighted by atomic mass is 10.1. The Morgan fingerprint density at radius 3 is 2.83 bits per heavy atom. The van der Waals surface area contributed by atoms with Gasteiger partial charge in [-0.05, 0) is 32.0 Å². The second kappa shape index (κ2) is 13.2. The van der Waals surface area contributed by atoms with Gasteiger partial charge in [0.15, 0.2) is 6.29 Å². The van der Waals surface area contributed by atoms with Gasteiger partial charge in [-0.1, -0.05) is 23.0 Å². The van der Waals surface area contributed by atoms with E-state index in [0.717, 1.165) is 80.8 Å². The number of aldehydes is 1. The lowest BCUT2D eigenvalue weighted by Gasteiger charge is -2.28. The van der Waals surface area contributed by atoms with Gasteiger partial charge in [0.2, 0.25) is 0 Å². The van der Waals surface area contributed by atoms with Gasteiger partial charge in [-0.2, -0.15) is 0 Å². The SMILES string of the molecule is CN/C(=C/N)C(=NCC1COC1)N1CCCNCC1.Cc1ccc(F)c(-c2nc(C=O)c(N)s2)c1. The predicted octanol–water partition coefficient (Wildman–Crippen LogP) is 2.00. The van der Waals surface area contributed by atoms with Crippen molar-refractivity contribution in [3.05, 3.63) is 47.2 Å². The Labute approximate surface area is 209 Å². The third-order valence-electron chi connectivity index (χ3n) is 5.67. The third-order valence-corrected chi connectivity index (χ3v) is 6.60. The number of halogens is 1. The summed E-state index contributed by atoms with van der Waals surface area (Å²) >= 11 is 1.11. The maximum atomic E-state index is 13.5. The van der Waals surface area contributed by atoms with Gasteiger partial charge in [-0.3, -0.25) is 9.79 Å². The van der Waals surface area contributed by atoms with Crippen LogP contribution in [-0.2, 0) is 4.74 Å². The first-order valence-electron chi connectivity index (χ1n) is 11.6. The summed E-state index contributed by atoms with van der Waals surface area (Å²) in [6, 6.07) is 4.74. The molecule has 0 unspecified atom stereocenters. The molecule has 0 atom stereocenters. The normalized spacial score (nSPS) is 17.2. The number of likely N-dealkylation sites (N-methyl/N-ethyl adjacent to an activating group) is 1. The van der Waals surface area contributed by atoms with Gasteiger partial charge < -0.3 is 31.7 Å². The minimum Gasteiger partial charge on any atom is -0.403 e. The third kappa shape index (κ3) is 7.23. The second-order valence-electron chi connectivity index (χ2n) is 8.36. The molecule has 0 saturated carbocycles. The van der Waals surface area contributed by atoms with Crippen molar-refractivity contribution in [1.82, 2.24) is 20.5 Å². The van der Waals surface area contributed by atoms with E-state index in [0.29, 0.717) is 27.8 Å². The van der Waals surface area contributed by atoms with E-state index >= 15 is 0 Å². The van der Waals surface area contributed by atoms with Crippen LogP contribution in [0.2, 0.25) is 0 Å². The molecule has 1 aromatic heterocycles. The van der Waals surface area contributed by atoms with E-state index in [4.69, 9.17) is 21.2 Å². The van der Waals surface area contributed by atoms with E-state index in [9.17, 15) is 9.18 Å². The Balaban J connectivity index is 0.000000198. The highest BCUT2D eigenvalue weighted by atomic mass is 32.1. The van der Waals surface area contributed by atoms with Crippen molar-refractivity contribution in [3.8, 4) is 10.6 Å². The maximum absolute atomic E-state index is 13.5. The highest BCUT2D eigenvalue weighted by molar-refractivity contribution is 7.19. The van der Waals surface area contributed by atoms with Crippen molar-refractivity contribution in [2.45, 2.75) is 13.3 Å². The number of benzene rings is 1. The zero-order valence-corrected chi connectivity index (χ0v) is 21.0. The molecule has 2 aliphatic heterocycles. The Kier molecular flexibility index (Phi) is 10.0. The lowest BCUT2D eigenvalue weighted by molar-refractivity contribution is -0.0266. The molecule has 0 amide bonds. The molecule has 190 valence electrons. The summed E-state index contributed by atoms with van der Waals surface area (Å²) in [4.78, 5) is 21.7. The van der Waals surface area contributed by atoms with Gasteiger partial charge >= 0.3 is 0 Å². The number of thiazole rings is 1. The fourth-order valence-corrected chi connectivity index (χ4v) is 4.45. The van der Waals surface area contributed by atoms with Gasteiger partial charge in [0.1, 0.15) is 27.4 Å². The van der Waals surface area contributed by atoms with Crippen LogP contribution in [0.3, 0.4) is 0 Å². The molecule has 6 N–H and O–H groups in total. The number of aryl methyl sites for hydroxylation is 1. The number of aliphatic imine (C=N–C) groups is 1. The summed E-state index contributed by atoms with van der Waals surface area (Å²) in [5.74, 6) is 1.19. The van der Waals surface area contributed by atoms with E-state index in [1.54, 1.807) is 18.3 Å². The number of nitrogens with zero attached hydrogens (tertiary/aromatic N) is 3. The number of aromatic nitrogens is 1. The molecule has 0 bridgehead atoms. The molecule has 1 aromatic carbocycles. The topological polar surface area (TPSA) is 131 Å². The molecular formula is C24H34FN7O2S. The molecule has 2 saturated heterocycles. The number of rotatable bonds is 6. The number of ether oxygens (including phenoxy) is 1. The summed E-state index contributed by atoms with van der Waals surface area (Å²) in [7, 11) is 1.89. The molecule has 2 aliphatic rings. The van der Waals surface area contributed by atoms with Crippen LogP contribution < -0.4 is 22.1 Å². The Morgan fingerprint density at radius 2 is 2.20 bits per heavy atom. The number of nitrogens with one attached hydrogen (secondary N) is 2. The maximum Gasteiger partial charge on any atom is 0.171 e. The molecule has 2 aromatic rings. The van der Waals surface area contributed by atoms with Gasteiger partial charge in [-0.15, -0.1) is 0 Å². The highest BCUT2D eigenvalue weighted by Crippen LogP contribution is 2.31. The number of carbonyl (C=O) groups excluding carboxylic acids is 1. The number of nitrogen functional groups attached to an aromatic ring is 1. The molecule has 35 heavy (non-hydrogen) atoms. The van der Waals surface area contributed by atoms with Crippen molar-refractivity contribution in [2.75, 3.05) is 58.7 Å². The van der Waals surface area contributed by atoms with Crippen LogP contribution in [0.25, 0.3) is 10.6 Å². The summed E-state index contributed by atoms with van der Waals surface area (Å²) in [6.45, 7) is 8.40. The molecule has 2 fully saturated rings. The van der Waals surface area contributed by atoms with Gasteiger partial charge in [0, 0.05) is 50.9 Å². The van der Waals surface area contributed by atoms with Crippen LogP contribution in [-0.4, -0.2) is 75.0 Å². The van der Waals surface area contributed by atoms with E-state index < -0.39 is 0 Å². The molecule has 9 nitrogen and oxygen atoms in total. The van der Waals surface area contributed by atoms with Gasteiger partial charge in [0.25, 0.3) is 0 Å². The zero-order valence-electron chi connectivity index (χ0n) is 20.2. The number of nitrogens with two attached hydrogens (primary N) is 2. The average Bonchev–Trinajstić information content (AvgIpc) is 3.01. The number of hydrogen-bond donors (Lipinski definition) is 4. The number of anilines is 1. The molecular weight excluding hydrogens is 469 g/mol. The number of carbonyl (C=O) groups is 1. The van der Waals surface area contributed by atoms with Crippen molar-refractivity contribution < 1.29 is 13.9 Å². The van der Waals surface area contributed by atoms with E-state index in [1.807, 2.05) is 14.0 Å². The second-order valence-corrected chi connectivity index (χ2v) is 9.39. The van der Waals surface area contributed by atoms with Crippen molar-refractivity contribution in [2.24, 2.45) is 16.6 Å². The van der Waals surface area contributed by atoms with Crippen molar-refractivity contribution in [3.63, 3.8) is 0 Å². The standard InChI is InChI=1S/C13H25N5O.C11H9FN2OS/c1-15-12(7-14)13(17-8-11-9-19-10-11)18-5-2-3-16-4-6-18;1-6-2-3-8(12)7(4-6)11-14-9(5-15)10(13)16-11/h7,11,15-16H,2-6,8-10,14H2,1H3;2-5H,13H2,1H3/b12-7+,17-13?;. The molecule has 11 heteroatoms. The predicted molar refractivity (Wildman–Crippen MR) is 139 cm³/mol. The van der Waals surface area contributed by atoms with E-state index in [-0.39, 0.29) is 11.5 Å². The van der Waals surface area contributed by atoms with Crippen LogP contribution in [0.1, 0.15) is 22.5 Å². The first-order valence-corrected chi connectivity index (χ1v) is 12.4. The summed E-state index contributed by atoms with van der Waals surface area (Å²) in [6.07, 6.45) is 3.31. The molecule has 0 radical (unpaired) electrons. The van der Waals surface area contributed by atoms with Crippen molar-refractivity contribution >= 4 is 28.5 Å². The van der Waals surface area contributed by atoms with E-state index in [1.165, 1.54) is 6.07 Å². The Morgan fingerprint density at radius 1 is 1.40 bits per heavy atom. The highest BCUT2D eigenvalue weighted by Gasteiger charge is 2.21. The summed E-state index contributed by atoms with van der Waals surface area (Å²) < 4.78 is 18.7. The number of amidine groups is 1. The summed E-state index contributed by atoms with van der Waals surface area (Å²) in [5.41, 5.74) is 13.7. The van der Waals surface area contributed by atoms with Gasteiger partial charge in [-0.25, -0.2) is 9.37 Å². The first-order chi connectivity index (χ1) is 17.0. The van der Waals surface area contributed by atoms with Crippen LogP contribution in [0.5, 0.6) is 0 Å². The van der Waals surface area contributed by atoms with Crippen LogP contribution in [0, 0.1) is 18.7 Å². The minimum absolute atomic E-state index is 0.168. The van der Waals surface area contributed by atoms with Gasteiger partial charge in [0.05, 0.1) is 18.9 Å². The van der Waals surface area contributed by atoms with E-state index in [2.05, 4.69) is 20.5 Å². The average molecular weight is 504 g/mol. The fraction of sp³-hybridized carbons (Fsp3) is 0.458. The molecule has 4 rings (SSSR count). The minimum atomic E-state index is -0.364.